The zero-order valence-electron chi connectivity index (χ0n) is 14.6. The normalized spacial score (nSPS) is 18.6. The number of thiazole rings is 1. The number of aromatic nitrogens is 3. The summed E-state index contributed by atoms with van der Waals surface area (Å²) in [5, 5.41) is 6.77. The Hall–Kier alpha value is -2.02. The highest BCUT2D eigenvalue weighted by atomic mass is 32.1. The molecule has 130 valence electrons. The highest BCUT2D eigenvalue weighted by Gasteiger charge is 2.27. The molecule has 0 bridgehead atoms. The predicted molar refractivity (Wildman–Crippen MR) is 102 cm³/mol. The van der Waals surface area contributed by atoms with Crippen molar-refractivity contribution in [2.24, 2.45) is 7.05 Å². The minimum atomic E-state index is 0.290. The van der Waals surface area contributed by atoms with Crippen molar-refractivity contribution in [1.82, 2.24) is 24.8 Å². The minimum Gasteiger partial charge on any atom is -0.337 e. The predicted octanol–water partition coefficient (Wildman–Crippen LogP) is 3.00. The van der Waals surface area contributed by atoms with Crippen LogP contribution in [0.1, 0.15) is 23.1 Å². The van der Waals surface area contributed by atoms with E-state index in [1.54, 1.807) is 11.3 Å². The molecule has 5 nitrogen and oxygen atoms in total. The van der Waals surface area contributed by atoms with Crippen LogP contribution in [-0.4, -0.2) is 39.1 Å². The molecule has 1 aromatic carbocycles. The Morgan fingerprint density at radius 3 is 2.88 bits per heavy atom. The van der Waals surface area contributed by atoms with Gasteiger partial charge in [-0.15, -0.1) is 11.3 Å². The van der Waals surface area contributed by atoms with E-state index in [1.807, 2.05) is 12.4 Å². The first-order chi connectivity index (χ1) is 12.2. The van der Waals surface area contributed by atoms with Gasteiger partial charge in [0.15, 0.2) is 0 Å². The Balaban J connectivity index is 1.52. The van der Waals surface area contributed by atoms with E-state index in [0.29, 0.717) is 6.04 Å². The van der Waals surface area contributed by atoms with Gasteiger partial charge in [0.25, 0.3) is 0 Å². The second-order valence-electron chi connectivity index (χ2n) is 6.60. The summed E-state index contributed by atoms with van der Waals surface area (Å²) in [6.45, 7) is 5.92. The Bertz CT molecular complexity index is 836. The molecular formula is C19H23N5S. The van der Waals surface area contributed by atoms with Crippen molar-refractivity contribution in [2.75, 3.05) is 19.6 Å². The van der Waals surface area contributed by atoms with Gasteiger partial charge in [0.1, 0.15) is 10.8 Å². The molecule has 0 radical (unpaired) electrons. The molecule has 1 atom stereocenters. The molecule has 0 amide bonds. The van der Waals surface area contributed by atoms with E-state index < -0.39 is 0 Å². The number of nitrogens with one attached hydrogen (secondary N) is 1. The molecule has 25 heavy (non-hydrogen) atoms. The summed E-state index contributed by atoms with van der Waals surface area (Å²) in [7, 11) is 2.06. The summed E-state index contributed by atoms with van der Waals surface area (Å²) in [5.74, 6) is 1.11. The van der Waals surface area contributed by atoms with Gasteiger partial charge in [0, 0.05) is 56.6 Å². The van der Waals surface area contributed by atoms with Crippen molar-refractivity contribution >= 4 is 11.3 Å². The summed E-state index contributed by atoms with van der Waals surface area (Å²) < 4.78 is 2.11. The maximum absolute atomic E-state index is 4.87. The number of rotatable bonds is 4. The number of piperazine rings is 1. The molecule has 1 unspecified atom stereocenters. The van der Waals surface area contributed by atoms with Gasteiger partial charge in [0.05, 0.1) is 11.7 Å². The second kappa shape index (κ2) is 7.07. The van der Waals surface area contributed by atoms with Crippen LogP contribution in [0.25, 0.3) is 10.6 Å². The molecule has 0 saturated carbocycles. The third-order valence-corrected chi connectivity index (χ3v) is 5.67. The highest BCUT2D eigenvalue weighted by molar-refractivity contribution is 7.13. The van der Waals surface area contributed by atoms with E-state index in [0.717, 1.165) is 42.7 Å². The topological polar surface area (TPSA) is 46.0 Å². The lowest BCUT2D eigenvalue weighted by Gasteiger charge is -2.35. The van der Waals surface area contributed by atoms with Gasteiger partial charge in [0.2, 0.25) is 0 Å². The Labute approximate surface area is 152 Å². The van der Waals surface area contributed by atoms with Gasteiger partial charge in [-0.25, -0.2) is 9.97 Å². The van der Waals surface area contributed by atoms with E-state index in [2.05, 4.69) is 63.4 Å². The average Bonchev–Trinajstić information content (AvgIpc) is 3.25. The molecule has 1 saturated heterocycles. The van der Waals surface area contributed by atoms with Crippen LogP contribution in [-0.2, 0) is 13.6 Å². The van der Waals surface area contributed by atoms with E-state index >= 15 is 0 Å². The summed E-state index contributed by atoms with van der Waals surface area (Å²) in [6.07, 6.45) is 3.89. The van der Waals surface area contributed by atoms with Crippen LogP contribution < -0.4 is 5.32 Å². The molecule has 1 N–H and O–H groups in total. The first-order valence-corrected chi connectivity index (χ1v) is 9.52. The molecule has 1 aliphatic rings. The smallest absolute Gasteiger partial charge is 0.127 e. The minimum absolute atomic E-state index is 0.290. The van der Waals surface area contributed by atoms with Crippen molar-refractivity contribution in [3.05, 3.63) is 59.1 Å². The lowest BCUT2D eigenvalue weighted by Crippen LogP contribution is -2.46. The van der Waals surface area contributed by atoms with Gasteiger partial charge < -0.3 is 9.88 Å². The van der Waals surface area contributed by atoms with Crippen molar-refractivity contribution < 1.29 is 0 Å². The number of hydrogen-bond acceptors (Lipinski definition) is 5. The first-order valence-electron chi connectivity index (χ1n) is 8.64. The molecule has 1 fully saturated rings. The molecule has 0 aliphatic carbocycles. The summed E-state index contributed by atoms with van der Waals surface area (Å²) in [5.41, 5.74) is 3.61. The number of hydrogen-bond donors (Lipinski definition) is 1. The lowest BCUT2D eigenvalue weighted by molar-refractivity contribution is 0.143. The van der Waals surface area contributed by atoms with Gasteiger partial charge in [-0.1, -0.05) is 29.8 Å². The molecule has 6 heteroatoms. The first kappa shape index (κ1) is 16.4. The van der Waals surface area contributed by atoms with Gasteiger partial charge in [-0.3, -0.25) is 4.90 Å². The maximum atomic E-state index is 4.87. The van der Waals surface area contributed by atoms with Crippen LogP contribution in [0.4, 0.5) is 0 Å². The van der Waals surface area contributed by atoms with Gasteiger partial charge in [-0.2, -0.15) is 0 Å². The van der Waals surface area contributed by atoms with E-state index in [1.165, 1.54) is 11.1 Å². The molecule has 0 spiro atoms. The molecule has 1 aliphatic heterocycles. The van der Waals surface area contributed by atoms with Crippen LogP contribution in [0, 0.1) is 6.92 Å². The standard InChI is InChI=1S/C19H23N5S/c1-14-3-5-15(6-4-14)19-22-16(13-25-19)12-24-10-7-20-11-17(24)18-21-8-9-23(18)2/h3-6,8-9,13,17,20H,7,10-12H2,1-2H3. The average molecular weight is 353 g/mol. The lowest BCUT2D eigenvalue weighted by atomic mass is 10.1. The summed E-state index contributed by atoms with van der Waals surface area (Å²) >= 11 is 1.72. The van der Waals surface area contributed by atoms with Gasteiger partial charge >= 0.3 is 0 Å². The molecule has 3 heterocycles. The van der Waals surface area contributed by atoms with E-state index in [-0.39, 0.29) is 0 Å². The maximum Gasteiger partial charge on any atom is 0.127 e. The van der Waals surface area contributed by atoms with Crippen LogP contribution in [0.5, 0.6) is 0 Å². The number of nitrogens with zero attached hydrogens (tertiary/aromatic N) is 4. The van der Waals surface area contributed by atoms with E-state index in [9.17, 15) is 0 Å². The van der Waals surface area contributed by atoms with Crippen molar-refractivity contribution in [1.29, 1.82) is 0 Å². The Kier molecular flexibility index (Phi) is 4.65. The SMILES string of the molecule is Cc1ccc(-c2nc(CN3CCNCC3c3nccn3C)cs2)cc1. The molecule has 3 aromatic rings. The van der Waals surface area contributed by atoms with Crippen LogP contribution >= 0.6 is 11.3 Å². The van der Waals surface area contributed by atoms with Crippen molar-refractivity contribution in [2.45, 2.75) is 19.5 Å². The van der Waals surface area contributed by atoms with Crippen LogP contribution in [0.2, 0.25) is 0 Å². The fourth-order valence-corrected chi connectivity index (χ4v) is 4.12. The zero-order valence-corrected chi connectivity index (χ0v) is 15.5. The second-order valence-corrected chi connectivity index (χ2v) is 7.45. The number of benzene rings is 1. The fraction of sp³-hybridized carbons (Fsp3) is 0.368. The number of aryl methyl sites for hydroxylation is 2. The quantitative estimate of drug-likeness (QED) is 0.783. The van der Waals surface area contributed by atoms with E-state index in [4.69, 9.17) is 4.98 Å². The molecular weight excluding hydrogens is 330 g/mol. The molecule has 4 rings (SSSR count). The Morgan fingerprint density at radius 1 is 1.28 bits per heavy atom. The summed E-state index contributed by atoms with van der Waals surface area (Å²) in [6, 6.07) is 8.88. The highest BCUT2D eigenvalue weighted by Crippen LogP contribution is 2.27. The van der Waals surface area contributed by atoms with Gasteiger partial charge in [-0.05, 0) is 6.92 Å². The fourth-order valence-electron chi connectivity index (χ4n) is 3.30. The summed E-state index contributed by atoms with van der Waals surface area (Å²) in [4.78, 5) is 11.9. The largest absolute Gasteiger partial charge is 0.337 e. The number of imidazole rings is 1. The van der Waals surface area contributed by atoms with Crippen LogP contribution in [0.3, 0.4) is 0 Å². The zero-order chi connectivity index (χ0) is 17.2. The molecule has 2 aromatic heterocycles. The van der Waals surface area contributed by atoms with Crippen molar-refractivity contribution in [3.8, 4) is 10.6 Å². The van der Waals surface area contributed by atoms with Crippen LogP contribution in [0.15, 0.2) is 42.0 Å². The third kappa shape index (κ3) is 3.51. The third-order valence-electron chi connectivity index (χ3n) is 4.73. The Morgan fingerprint density at radius 2 is 2.12 bits per heavy atom. The van der Waals surface area contributed by atoms with Crippen molar-refractivity contribution in [3.63, 3.8) is 0 Å². The monoisotopic (exact) mass is 353 g/mol.